The molecule has 0 atom stereocenters. The molecule has 2 bridgehead atoms. The number of hydrogen-bond donors (Lipinski definition) is 2. The van der Waals surface area contributed by atoms with E-state index < -0.39 is 5.92 Å². The molecule has 1 aromatic rings. The normalized spacial score (nSPS) is 29.9. The summed E-state index contributed by atoms with van der Waals surface area (Å²) >= 11 is 5.81. The predicted molar refractivity (Wildman–Crippen MR) is 103 cm³/mol. The molecule has 0 unspecified atom stereocenters. The average Bonchev–Trinajstić information content (AvgIpc) is 2.60. The molecular weight excluding hydrogens is 404 g/mol. The van der Waals surface area contributed by atoms with Crippen molar-refractivity contribution >= 4 is 23.4 Å². The molecule has 158 valence electrons. The zero-order valence-corrected chi connectivity index (χ0v) is 16.7. The predicted octanol–water partition coefficient (Wildman–Crippen LogP) is 2.36. The van der Waals surface area contributed by atoms with Crippen LogP contribution in [0.15, 0.2) is 24.3 Å². The van der Waals surface area contributed by atoms with E-state index in [1.54, 1.807) is 29.2 Å². The first-order valence-electron chi connectivity index (χ1n) is 9.77. The highest BCUT2D eigenvalue weighted by molar-refractivity contribution is 6.30. The van der Waals surface area contributed by atoms with Gasteiger partial charge in [-0.15, -0.1) is 0 Å². The molecule has 0 radical (unpaired) electrons. The van der Waals surface area contributed by atoms with Crippen LogP contribution in [-0.4, -0.2) is 60.0 Å². The van der Waals surface area contributed by atoms with Crippen LogP contribution in [0, 0.1) is 0 Å². The number of hydrogen-bond acceptors (Lipinski definition) is 4. The number of rotatable bonds is 7. The molecule has 1 saturated heterocycles. The summed E-state index contributed by atoms with van der Waals surface area (Å²) in [6.45, 7) is 0.538. The van der Waals surface area contributed by atoms with Crippen LogP contribution in [0.5, 0.6) is 5.75 Å². The highest BCUT2D eigenvalue weighted by Gasteiger charge is 2.69. The third-order valence-corrected chi connectivity index (χ3v) is 6.23. The summed E-state index contributed by atoms with van der Waals surface area (Å²) in [4.78, 5) is 26.2. The number of carbonyl (C=O) groups is 2. The first-order valence-corrected chi connectivity index (χ1v) is 10.2. The van der Waals surface area contributed by atoms with Gasteiger partial charge in [-0.1, -0.05) is 11.6 Å². The molecule has 6 nitrogen and oxygen atoms in total. The molecule has 4 fully saturated rings. The third-order valence-electron chi connectivity index (χ3n) is 5.98. The van der Waals surface area contributed by atoms with E-state index in [0.29, 0.717) is 30.0 Å². The summed E-state index contributed by atoms with van der Waals surface area (Å²) in [6.07, 6.45) is 1.68. The van der Waals surface area contributed by atoms with E-state index >= 15 is 0 Å². The fourth-order valence-electron chi connectivity index (χ4n) is 4.64. The molecule has 29 heavy (non-hydrogen) atoms. The van der Waals surface area contributed by atoms with Gasteiger partial charge in [0, 0.05) is 42.0 Å². The zero-order chi connectivity index (χ0) is 20.7. The number of nitrogens with one attached hydrogen (secondary N) is 2. The Morgan fingerprint density at radius 1 is 1.00 bits per heavy atom. The topological polar surface area (TPSA) is 70.7 Å². The Balaban J connectivity index is 1.15. The zero-order valence-electron chi connectivity index (χ0n) is 16.0. The van der Waals surface area contributed by atoms with E-state index in [-0.39, 0.29) is 62.0 Å². The smallest absolute Gasteiger partial charge is 0.258 e. The number of halogens is 3. The molecular formula is C20H24ClF2N3O3. The van der Waals surface area contributed by atoms with Crippen LogP contribution in [-0.2, 0) is 9.59 Å². The van der Waals surface area contributed by atoms with Crippen molar-refractivity contribution in [1.82, 2.24) is 15.5 Å². The number of benzene rings is 1. The van der Waals surface area contributed by atoms with Gasteiger partial charge in [0.15, 0.2) is 6.61 Å². The van der Waals surface area contributed by atoms with Crippen LogP contribution >= 0.6 is 11.6 Å². The number of likely N-dealkylation sites (tertiary alicyclic amines) is 1. The second-order valence-corrected chi connectivity index (χ2v) is 9.00. The van der Waals surface area contributed by atoms with E-state index in [9.17, 15) is 18.4 Å². The van der Waals surface area contributed by atoms with Crippen molar-refractivity contribution in [1.29, 1.82) is 0 Å². The Kier molecular flexibility index (Phi) is 5.19. The molecule has 5 rings (SSSR count). The Hall–Kier alpha value is -1.93. The Morgan fingerprint density at radius 2 is 1.55 bits per heavy atom. The molecule has 2 amide bonds. The number of nitrogens with zero attached hydrogens (tertiary/aromatic N) is 1. The molecule has 1 aromatic carbocycles. The van der Waals surface area contributed by atoms with E-state index in [1.807, 2.05) is 0 Å². The average molecular weight is 428 g/mol. The molecule has 9 heteroatoms. The van der Waals surface area contributed by atoms with Crippen molar-refractivity contribution in [2.75, 3.05) is 26.2 Å². The van der Waals surface area contributed by atoms with Crippen molar-refractivity contribution in [3.8, 4) is 5.75 Å². The maximum absolute atomic E-state index is 13.2. The summed E-state index contributed by atoms with van der Waals surface area (Å²) in [7, 11) is 0. The van der Waals surface area contributed by atoms with Crippen LogP contribution in [0.25, 0.3) is 0 Å². The quantitative estimate of drug-likeness (QED) is 0.701. The van der Waals surface area contributed by atoms with E-state index in [1.165, 1.54) is 0 Å². The van der Waals surface area contributed by atoms with Crippen LogP contribution in [0.2, 0.25) is 5.02 Å². The Labute approximate surface area is 172 Å². The van der Waals surface area contributed by atoms with Gasteiger partial charge in [-0.25, -0.2) is 8.78 Å². The lowest BCUT2D eigenvalue weighted by atomic mass is 9.44. The van der Waals surface area contributed by atoms with Gasteiger partial charge < -0.3 is 15.4 Å². The summed E-state index contributed by atoms with van der Waals surface area (Å²) in [5.41, 5.74) is -0.526. The van der Waals surface area contributed by atoms with Crippen molar-refractivity contribution < 1.29 is 23.1 Å². The monoisotopic (exact) mass is 427 g/mol. The second kappa shape index (κ2) is 7.40. The van der Waals surface area contributed by atoms with Crippen LogP contribution in [0.4, 0.5) is 8.78 Å². The van der Waals surface area contributed by atoms with Crippen LogP contribution in [0.1, 0.15) is 32.1 Å². The highest BCUT2D eigenvalue weighted by Crippen LogP contribution is 2.60. The van der Waals surface area contributed by atoms with Crippen LogP contribution in [0.3, 0.4) is 0 Å². The molecule has 2 N–H and O–H groups in total. The number of amides is 2. The molecule has 4 aliphatic rings. The molecule has 3 aliphatic carbocycles. The van der Waals surface area contributed by atoms with E-state index in [2.05, 4.69) is 10.6 Å². The summed E-state index contributed by atoms with van der Waals surface area (Å²) in [5.74, 6) is -2.38. The minimum Gasteiger partial charge on any atom is -0.484 e. The van der Waals surface area contributed by atoms with Gasteiger partial charge in [-0.2, -0.15) is 0 Å². The second-order valence-electron chi connectivity index (χ2n) is 8.56. The largest absolute Gasteiger partial charge is 0.484 e. The number of carbonyl (C=O) groups excluding carboxylic acids is 2. The molecule has 3 saturated carbocycles. The molecule has 0 aromatic heterocycles. The highest BCUT2D eigenvalue weighted by atomic mass is 35.5. The summed E-state index contributed by atoms with van der Waals surface area (Å²) < 4.78 is 31.8. The fourth-order valence-corrected chi connectivity index (χ4v) is 4.77. The maximum atomic E-state index is 13.2. The Bertz CT molecular complexity index is 773. The lowest BCUT2D eigenvalue weighted by Crippen LogP contribution is -2.84. The van der Waals surface area contributed by atoms with Crippen molar-refractivity contribution in [3.63, 3.8) is 0 Å². The van der Waals surface area contributed by atoms with Gasteiger partial charge in [-0.05, 0) is 43.5 Å². The Morgan fingerprint density at radius 3 is 2.14 bits per heavy atom. The number of alkyl halides is 2. The summed E-state index contributed by atoms with van der Waals surface area (Å²) in [5, 5.41) is 6.62. The standard InChI is InChI=1S/C20H24ClF2N3O3/c21-14-1-3-15(4-2-14)29-10-17(28)25-19-11-18(12-19,13-19)24-16(27)9-26-7-5-20(22,23)6-8-26/h1-4H,5-13H2,(H,24,27)(H,25,28). The first-order chi connectivity index (χ1) is 13.7. The fraction of sp³-hybridized carbons (Fsp3) is 0.600. The minimum atomic E-state index is -2.61. The molecule has 0 spiro atoms. The van der Waals surface area contributed by atoms with E-state index in [4.69, 9.17) is 16.3 Å². The van der Waals surface area contributed by atoms with Gasteiger partial charge in [0.1, 0.15) is 5.75 Å². The first kappa shape index (κ1) is 20.3. The van der Waals surface area contributed by atoms with Gasteiger partial charge in [-0.3, -0.25) is 14.5 Å². The SMILES string of the molecule is O=C(COc1ccc(Cl)cc1)NC12CC(NC(=O)CN3CCC(F)(F)CC3)(C1)C2. The van der Waals surface area contributed by atoms with Gasteiger partial charge in [0.05, 0.1) is 6.54 Å². The maximum Gasteiger partial charge on any atom is 0.258 e. The molecule has 1 heterocycles. The van der Waals surface area contributed by atoms with E-state index in [0.717, 1.165) is 0 Å². The van der Waals surface area contributed by atoms with Gasteiger partial charge >= 0.3 is 0 Å². The van der Waals surface area contributed by atoms with Crippen molar-refractivity contribution in [2.24, 2.45) is 0 Å². The number of ether oxygens (including phenoxy) is 1. The van der Waals surface area contributed by atoms with Crippen molar-refractivity contribution in [3.05, 3.63) is 29.3 Å². The lowest BCUT2D eigenvalue weighted by Gasteiger charge is -2.70. The van der Waals surface area contributed by atoms with Crippen LogP contribution < -0.4 is 15.4 Å². The summed E-state index contributed by atoms with van der Waals surface area (Å²) in [6, 6.07) is 6.78. The van der Waals surface area contributed by atoms with Gasteiger partial charge in [0.2, 0.25) is 5.91 Å². The molecule has 1 aliphatic heterocycles. The van der Waals surface area contributed by atoms with Crippen molar-refractivity contribution in [2.45, 2.75) is 49.1 Å². The number of piperidine rings is 1. The third kappa shape index (κ3) is 4.64. The lowest BCUT2D eigenvalue weighted by molar-refractivity contribution is -0.151. The minimum absolute atomic E-state index is 0.0810. The van der Waals surface area contributed by atoms with Gasteiger partial charge in [0.25, 0.3) is 11.8 Å².